The number of nitrogens with zero attached hydrogens (tertiary/aromatic N) is 2. The molecule has 8 nitrogen and oxygen atoms in total. The van der Waals surface area contributed by atoms with Crippen LogP contribution in [0.3, 0.4) is 0 Å². The number of carbonyl (C=O) groups excluding carboxylic acids is 2. The topological polar surface area (TPSA) is 109 Å². The van der Waals surface area contributed by atoms with Gasteiger partial charge in [0, 0.05) is 24.2 Å². The van der Waals surface area contributed by atoms with Gasteiger partial charge in [0.1, 0.15) is 29.1 Å². The van der Waals surface area contributed by atoms with E-state index >= 15 is 4.39 Å². The fourth-order valence-corrected chi connectivity index (χ4v) is 4.92. The summed E-state index contributed by atoms with van der Waals surface area (Å²) in [6, 6.07) is 3.51. The fourth-order valence-electron chi connectivity index (χ4n) is 4.92. The molecule has 5 rings (SSSR count). The maximum Gasteiger partial charge on any atom is 0.255 e. The number of halogens is 1. The molecule has 2 fully saturated rings. The highest BCUT2D eigenvalue weighted by Gasteiger charge is 2.30. The zero-order valence-electron chi connectivity index (χ0n) is 20.9. The van der Waals surface area contributed by atoms with E-state index in [1.54, 1.807) is 26.0 Å². The molecule has 0 spiro atoms. The summed E-state index contributed by atoms with van der Waals surface area (Å²) < 4.78 is 21.4. The van der Waals surface area contributed by atoms with Crippen molar-refractivity contribution in [2.45, 2.75) is 71.4 Å². The van der Waals surface area contributed by atoms with Crippen LogP contribution in [0.15, 0.2) is 18.5 Å². The first-order valence-corrected chi connectivity index (χ1v) is 12.7. The standard InChI is InChI=1S/C27H32FN5O3/c1-4-20(34)32-17-8-9-18(11-17)33-27(35)21-15(3)31-26-24(21)29-13-30-25(26)22-19(36-12-16-6-7-16)10-5-14(2)23(22)28/h5,10,13,16-18,31H,4,6-9,11-12H2,1-3H3,(H,32,34)(H,33,35)/t17-,18+/m1/s1. The van der Waals surface area contributed by atoms with Crippen molar-refractivity contribution in [1.82, 2.24) is 25.6 Å². The first-order valence-electron chi connectivity index (χ1n) is 12.7. The molecule has 0 aliphatic heterocycles. The number of H-pyrrole nitrogens is 1. The van der Waals surface area contributed by atoms with Crippen LogP contribution < -0.4 is 15.4 Å². The van der Waals surface area contributed by atoms with Crippen molar-refractivity contribution in [3.63, 3.8) is 0 Å². The van der Waals surface area contributed by atoms with E-state index in [4.69, 9.17) is 4.74 Å². The number of carbonyl (C=O) groups is 2. The van der Waals surface area contributed by atoms with Crippen LogP contribution in [-0.4, -0.2) is 45.5 Å². The predicted octanol–water partition coefficient (Wildman–Crippen LogP) is 4.35. The van der Waals surface area contributed by atoms with Gasteiger partial charge in [-0.25, -0.2) is 14.4 Å². The van der Waals surface area contributed by atoms with Crippen LogP contribution in [0.25, 0.3) is 22.3 Å². The van der Waals surface area contributed by atoms with E-state index in [-0.39, 0.29) is 29.5 Å². The zero-order valence-corrected chi connectivity index (χ0v) is 20.9. The van der Waals surface area contributed by atoms with Gasteiger partial charge in [-0.2, -0.15) is 0 Å². The number of amides is 2. The normalized spacial score (nSPS) is 19.4. The maximum atomic E-state index is 15.4. The van der Waals surface area contributed by atoms with Crippen molar-refractivity contribution < 1.29 is 18.7 Å². The third-order valence-corrected chi connectivity index (χ3v) is 7.16. The van der Waals surface area contributed by atoms with Crippen molar-refractivity contribution in [1.29, 1.82) is 0 Å². The van der Waals surface area contributed by atoms with Gasteiger partial charge >= 0.3 is 0 Å². The molecule has 2 heterocycles. The number of fused-ring (bicyclic) bond motifs is 1. The number of aromatic amines is 1. The van der Waals surface area contributed by atoms with Gasteiger partial charge in [-0.15, -0.1) is 0 Å². The number of benzene rings is 1. The quantitative estimate of drug-likeness (QED) is 0.432. The molecule has 9 heteroatoms. The van der Waals surface area contributed by atoms with Gasteiger partial charge in [0.2, 0.25) is 5.91 Å². The minimum Gasteiger partial charge on any atom is -0.492 e. The molecular formula is C27H32FN5O3. The lowest BCUT2D eigenvalue weighted by Gasteiger charge is -2.15. The molecule has 2 aliphatic rings. The summed E-state index contributed by atoms with van der Waals surface area (Å²) in [5.41, 5.74) is 3.13. The number of aryl methyl sites for hydroxylation is 2. The Morgan fingerprint density at radius 3 is 2.58 bits per heavy atom. The minimum absolute atomic E-state index is 0.0209. The number of aromatic nitrogens is 3. The van der Waals surface area contributed by atoms with Gasteiger partial charge in [-0.3, -0.25) is 9.59 Å². The van der Waals surface area contributed by atoms with Crippen LogP contribution in [0.5, 0.6) is 5.75 Å². The van der Waals surface area contributed by atoms with Crippen molar-refractivity contribution in [3.8, 4) is 17.0 Å². The van der Waals surface area contributed by atoms with Crippen LogP contribution >= 0.6 is 0 Å². The van der Waals surface area contributed by atoms with E-state index < -0.39 is 5.82 Å². The van der Waals surface area contributed by atoms with Gasteiger partial charge in [-0.1, -0.05) is 13.0 Å². The average molecular weight is 494 g/mol. The third kappa shape index (κ3) is 4.79. The molecule has 1 aromatic carbocycles. The maximum absolute atomic E-state index is 15.4. The molecule has 2 aromatic heterocycles. The van der Waals surface area contributed by atoms with Crippen molar-refractivity contribution in [2.75, 3.05) is 6.61 Å². The molecule has 0 radical (unpaired) electrons. The third-order valence-electron chi connectivity index (χ3n) is 7.16. The molecule has 3 N–H and O–H groups in total. The smallest absolute Gasteiger partial charge is 0.255 e. The van der Waals surface area contributed by atoms with E-state index in [2.05, 4.69) is 25.6 Å². The van der Waals surface area contributed by atoms with E-state index in [0.717, 1.165) is 25.7 Å². The Kier molecular flexibility index (Phi) is 6.64. The number of rotatable bonds is 8. The summed E-state index contributed by atoms with van der Waals surface area (Å²) in [6.07, 6.45) is 6.36. The Morgan fingerprint density at radius 2 is 1.86 bits per heavy atom. The number of ether oxygens (including phenoxy) is 1. The summed E-state index contributed by atoms with van der Waals surface area (Å²) in [4.78, 5) is 37.1. The molecule has 2 atom stereocenters. The van der Waals surface area contributed by atoms with Gasteiger partial charge in [0.25, 0.3) is 5.91 Å². The predicted molar refractivity (Wildman–Crippen MR) is 134 cm³/mol. The number of hydrogen-bond acceptors (Lipinski definition) is 5. The van der Waals surface area contributed by atoms with E-state index in [0.29, 0.717) is 64.7 Å². The summed E-state index contributed by atoms with van der Waals surface area (Å²) >= 11 is 0. The monoisotopic (exact) mass is 493 g/mol. The molecule has 190 valence electrons. The van der Waals surface area contributed by atoms with Gasteiger partial charge < -0.3 is 20.4 Å². The Balaban J connectivity index is 1.44. The van der Waals surface area contributed by atoms with E-state index in [1.165, 1.54) is 6.33 Å². The van der Waals surface area contributed by atoms with Gasteiger partial charge in [0.15, 0.2) is 0 Å². The second-order valence-corrected chi connectivity index (χ2v) is 10.00. The lowest BCUT2D eigenvalue weighted by molar-refractivity contribution is -0.121. The van der Waals surface area contributed by atoms with Gasteiger partial charge in [0.05, 0.1) is 23.3 Å². The molecule has 2 amide bonds. The summed E-state index contributed by atoms with van der Waals surface area (Å²) in [5, 5.41) is 6.10. The summed E-state index contributed by atoms with van der Waals surface area (Å²) in [6.45, 7) is 5.88. The lowest BCUT2D eigenvalue weighted by atomic mass is 10.0. The van der Waals surface area contributed by atoms with Crippen molar-refractivity contribution in [3.05, 3.63) is 41.1 Å². The average Bonchev–Trinajstić information content (AvgIpc) is 3.48. The Hall–Kier alpha value is -3.49. The second kappa shape index (κ2) is 9.87. The van der Waals surface area contributed by atoms with Crippen molar-refractivity contribution in [2.24, 2.45) is 5.92 Å². The van der Waals surface area contributed by atoms with Gasteiger partial charge in [-0.05, 0) is 63.5 Å². The van der Waals surface area contributed by atoms with E-state index in [1.807, 2.05) is 6.92 Å². The molecule has 0 bridgehead atoms. The Bertz CT molecular complexity index is 1320. The van der Waals surface area contributed by atoms with E-state index in [9.17, 15) is 9.59 Å². The first-order chi connectivity index (χ1) is 17.4. The SMILES string of the molecule is CCC(=O)N[C@@H]1CC[C@H](NC(=O)c2c(C)[nH]c3c(-c4c(OCC5CC5)ccc(C)c4F)ncnc23)C1. The Labute approximate surface area is 209 Å². The van der Waals surface area contributed by atoms with Crippen molar-refractivity contribution >= 4 is 22.8 Å². The molecule has 2 saturated carbocycles. The summed E-state index contributed by atoms with van der Waals surface area (Å²) in [5.74, 6) is 0.335. The number of hydrogen-bond donors (Lipinski definition) is 3. The lowest BCUT2D eigenvalue weighted by Crippen LogP contribution is -2.37. The molecule has 0 unspecified atom stereocenters. The fraction of sp³-hybridized carbons (Fsp3) is 0.481. The highest BCUT2D eigenvalue weighted by atomic mass is 19.1. The minimum atomic E-state index is -0.396. The van der Waals surface area contributed by atoms with Crippen LogP contribution in [0, 0.1) is 25.6 Å². The van der Waals surface area contributed by atoms with Crippen LogP contribution in [0.1, 0.15) is 67.1 Å². The zero-order chi connectivity index (χ0) is 25.4. The molecule has 3 aromatic rings. The highest BCUT2D eigenvalue weighted by molar-refractivity contribution is 6.09. The second-order valence-electron chi connectivity index (χ2n) is 10.00. The van der Waals surface area contributed by atoms with Crippen LogP contribution in [0.2, 0.25) is 0 Å². The molecule has 0 saturated heterocycles. The summed E-state index contributed by atoms with van der Waals surface area (Å²) in [7, 11) is 0. The van der Waals surface area contributed by atoms with Crippen LogP contribution in [0.4, 0.5) is 4.39 Å². The Morgan fingerprint density at radius 1 is 1.11 bits per heavy atom. The molecular weight excluding hydrogens is 461 g/mol. The molecule has 2 aliphatic carbocycles. The largest absolute Gasteiger partial charge is 0.492 e. The molecule has 36 heavy (non-hydrogen) atoms. The van der Waals surface area contributed by atoms with Crippen LogP contribution in [-0.2, 0) is 4.79 Å². The number of nitrogens with one attached hydrogen (secondary N) is 3. The first kappa shape index (κ1) is 24.2. The highest BCUT2D eigenvalue weighted by Crippen LogP contribution is 2.39.